The normalized spacial score (nSPS) is 11.9. The van der Waals surface area contributed by atoms with Crippen molar-refractivity contribution >= 4 is 21.4 Å². The maximum Gasteiger partial charge on any atom is 0.246 e. The molecule has 0 bridgehead atoms. The summed E-state index contributed by atoms with van der Waals surface area (Å²) in [4.78, 5) is 4.50. The minimum Gasteiger partial charge on any atom is -0.495 e. The van der Waals surface area contributed by atoms with Crippen molar-refractivity contribution in [1.82, 2.24) is 9.29 Å². The maximum absolute atomic E-state index is 12.8. The smallest absolute Gasteiger partial charge is 0.246 e. The van der Waals surface area contributed by atoms with Crippen molar-refractivity contribution in [3.63, 3.8) is 0 Å². The predicted molar refractivity (Wildman–Crippen MR) is 88.0 cm³/mol. The fourth-order valence-electron chi connectivity index (χ4n) is 2.09. The average Bonchev–Trinajstić information content (AvgIpc) is 2.86. The highest BCUT2D eigenvalue weighted by atomic mass is 32.2. The van der Waals surface area contributed by atoms with E-state index in [9.17, 15) is 8.42 Å². The molecule has 0 aliphatic carbocycles. The zero-order valence-corrected chi connectivity index (χ0v) is 15.0. The van der Waals surface area contributed by atoms with Crippen molar-refractivity contribution in [2.45, 2.75) is 32.2 Å². The number of thiazole rings is 1. The van der Waals surface area contributed by atoms with Gasteiger partial charge in [-0.2, -0.15) is 4.31 Å². The lowest BCUT2D eigenvalue weighted by Gasteiger charge is -2.19. The van der Waals surface area contributed by atoms with Gasteiger partial charge >= 0.3 is 0 Å². The molecule has 22 heavy (non-hydrogen) atoms. The lowest BCUT2D eigenvalue weighted by Crippen LogP contribution is -2.27. The zero-order valence-electron chi connectivity index (χ0n) is 13.4. The van der Waals surface area contributed by atoms with E-state index in [1.54, 1.807) is 19.2 Å². The Bertz CT molecular complexity index is 782. The van der Waals surface area contributed by atoms with Crippen molar-refractivity contribution < 1.29 is 13.2 Å². The van der Waals surface area contributed by atoms with Gasteiger partial charge in [0.1, 0.15) is 10.6 Å². The first-order chi connectivity index (χ1) is 10.3. The molecule has 0 fully saturated rings. The number of aryl methyl sites for hydroxylation is 3. The summed E-state index contributed by atoms with van der Waals surface area (Å²) >= 11 is 1.51. The molecular formula is C15H20N2O3S2. The van der Waals surface area contributed by atoms with Gasteiger partial charge in [-0.1, -0.05) is 0 Å². The molecule has 0 atom stereocenters. The summed E-state index contributed by atoms with van der Waals surface area (Å²) < 4.78 is 32.2. The summed E-state index contributed by atoms with van der Waals surface area (Å²) in [5, 5.41) is 2.79. The molecule has 2 rings (SSSR count). The quantitative estimate of drug-likeness (QED) is 0.840. The molecule has 0 saturated heterocycles. The van der Waals surface area contributed by atoms with Crippen LogP contribution < -0.4 is 4.74 Å². The van der Waals surface area contributed by atoms with E-state index in [1.807, 2.05) is 26.2 Å². The third-order valence-corrected chi connectivity index (χ3v) is 6.17. The Morgan fingerprint density at radius 1 is 1.23 bits per heavy atom. The Labute approximate surface area is 135 Å². The van der Waals surface area contributed by atoms with Crippen LogP contribution in [0.5, 0.6) is 5.75 Å². The second-order valence-electron chi connectivity index (χ2n) is 5.21. The van der Waals surface area contributed by atoms with Crippen molar-refractivity contribution in [1.29, 1.82) is 0 Å². The Balaban J connectivity index is 2.39. The number of rotatable bonds is 5. The Hall–Kier alpha value is -1.44. The van der Waals surface area contributed by atoms with Crippen LogP contribution in [0.3, 0.4) is 0 Å². The molecule has 7 heteroatoms. The number of aromatic nitrogens is 1. The zero-order chi connectivity index (χ0) is 16.5. The molecule has 1 aromatic heterocycles. The van der Waals surface area contributed by atoms with Crippen LogP contribution in [-0.4, -0.2) is 31.9 Å². The molecule has 0 radical (unpaired) electrons. The van der Waals surface area contributed by atoms with E-state index in [0.717, 1.165) is 21.8 Å². The predicted octanol–water partition coefficient (Wildman–Crippen LogP) is 2.90. The lowest BCUT2D eigenvalue weighted by atomic mass is 10.1. The standard InChI is InChI=1S/C15H20N2O3S2/c1-10-6-14(20-5)15(7-11(10)2)22(18,19)17(4)8-13-9-21-12(3)16-13/h6-7,9H,8H2,1-5H3. The molecule has 0 saturated carbocycles. The molecule has 0 aliphatic rings. The first-order valence-corrected chi connectivity index (χ1v) is 9.10. The van der Waals surface area contributed by atoms with E-state index in [-0.39, 0.29) is 11.4 Å². The van der Waals surface area contributed by atoms with E-state index in [1.165, 1.54) is 22.8 Å². The molecule has 1 aromatic carbocycles. The minimum atomic E-state index is -3.64. The third-order valence-electron chi connectivity index (χ3n) is 3.52. The molecular weight excluding hydrogens is 320 g/mol. The van der Waals surface area contributed by atoms with Gasteiger partial charge in [-0.25, -0.2) is 13.4 Å². The summed E-state index contributed by atoms with van der Waals surface area (Å²) in [7, 11) is -0.604. The largest absolute Gasteiger partial charge is 0.495 e. The number of nitrogens with zero attached hydrogens (tertiary/aromatic N) is 2. The monoisotopic (exact) mass is 340 g/mol. The summed E-state index contributed by atoms with van der Waals surface area (Å²) in [6.07, 6.45) is 0. The molecule has 5 nitrogen and oxygen atoms in total. The van der Waals surface area contributed by atoms with Gasteiger partial charge in [-0.05, 0) is 44.0 Å². The van der Waals surface area contributed by atoms with Gasteiger partial charge in [-0.15, -0.1) is 11.3 Å². The van der Waals surface area contributed by atoms with Gasteiger partial charge in [0.2, 0.25) is 10.0 Å². The van der Waals surface area contributed by atoms with E-state index in [0.29, 0.717) is 5.75 Å². The van der Waals surface area contributed by atoms with E-state index in [2.05, 4.69) is 4.98 Å². The van der Waals surface area contributed by atoms with Gasteiger partial charge in [0, 0.05) is 12.4 Å². The van der Waals surface area contributed by atoms with Gasteiger partial charge in [0.05, 0.1) is 24.4 Å². The molecule has 0 N–H and O–H groups in total. The fraction of sp³-hybridized carbons (Fsp3) is 0.400. The molecule has 120 valence electrons. The highest BCUT2D eigenvalue weighted by Crippen LogP contribution is 2.30. The van der Waals surface area contributed by atoms with E-state index in [4.69, 9.17) is 4.74 Å². The summed E-state index contributed by atoms with van der Waals surface area (Å²) in [5.74, 6) is 0.365. The van der Waals surface area contributed by atoms with Crippen LogP contribution in [0.25, 0.3) is 0 Å². The van der Waals surface area contributed by atoms with E-state index >= 15 is 0 Å². The highest BCUT2D eigenvalue weighted by Gasteiger charge is 2.26. The van der Waals surface area contributed by atoms with E-state index < -0.39 is 10.0 Å². The van der Waals surface area contributed by atoms with Crippen LogP contribution in [0.15, 0.2) is 22.4 Å². The van der Waals surface area contributed by atoms with Gasteiger partial charge in [0.25, 0.3) is 0 Å². The lowest BCUT2D eigenvalue weighted by molar-refractivity contribution is 0.397. The Morgan fingerprint density at radius 3 is 2.41 bits per heavy atom. The first kappa shape index (κ1) is 16.9. The van der Waals surface area contributed by atoms with Gasteiger partial charge < -0.3 is 4.74 Å². The average molecular weight is 340 g/mol. The summed E-state index contributed by atoms with van der Waals surface area (Å²) in [6, 6.07) is 3.41. The maximum atomic E-state index is 12.8. The number of sulfonamides is 1. The molecule has 0 spiro atoms. The third kappa shape index (κ3) is 3.31. The molecule has 2 aromatic rings. The fourth-order valence-corrected chi connectivity index (χ4v) is 4.05. The minimum absolute atomic E-state index is 0.188. The van der Waals surface area contributed by atoms with Crippen molar-refractivity contribution in [3.05, 3.63) is 39.3 Å². The summed E-state index contributed by atoms with van der Waals surface area (Å²) in [5.41, 5.74) is 2.65. The molecule has 0 unspecified atom stereocenters. The number of methoxy groups -OCH3 is 1. The number of benzene rings is 1. The number of ether oxygens (including phenoxy) is 1. The van der Waals surface area contributed by atoms with Gasteiger partial charge in [-0.3, -0.25) is 0 Å². The number of hydrogen-bond acceptors (Lipinski definition) is 5. The molecule has 0 aliphatic heterocycles. The van der Waals surface area contributed by atoms with Crippen LogP contribution in [0.1, 0.15) is 21.8 Å². The van der Waals surface area contributed by atoms with Crippen molar-refractivity contribution in [2.24, 2.45) is 0 Å². The topological polar surface area (TPSA) is 59.5 Å². The highest BCUT2D eigenvalue weighted by molar-refractivity contribution is 7.89. The second kappa shape index (κ2) is 6.36. The van der Waals surface area contributed by atoms with Crippen molar-refractivity contribution in [3.8, 4) is 5.75 Å². The van der Waals surface area contributed by atoms with Crippen LogP contribution in [-0.2, 0) is 16.6 Å². The van der Waals surface area contributed by atoms with Crippen molar-refractivity contribution in [2.75, 3.05) is 14.2 Å². The van der Waals surface area contributed by atoms with Gasteiger partial charge in [0.15, 0.2) is 0 Å². The second-order valence-corrected chi connectivity index (χ2v) is 8.28. The Kier molecular flexibility index (Phi) is 4.89. The SMILES string of the molecule is COc1cc(C)c(C)cc1S(=O)(=O)N(C)Cc1csc(C)n1. The molecule has 0 amide bonds. The number of hydrogen-bond donors (Lipinski definition) is 0. The first-order valence-electron chi connectivity index (χ1n) is 6.78. The summed E-state index contributed by atoms with van der Waals surface area (Å²) in [6.45, 7) is 5.95. The van der Waals surface area contributed by atoms with Crippen LogP contribution in [0.2, 0.25) is 0 Å². The molecule has 1 heterocycles. The Morgan fingerprint density at radius 2 is 1.86 bits per heavy atom. The van der Waals surface area contributed by atoms with Crippen LogP contribution >= 0.6 is 11.3 Å². The van der Waals surface area contributed by atoms with Crippen LogP contribution in [0, 0.1) is 20.8 Å². The van der Waals surface area contributed by atoms with Crippen LogP contribution in [0.4, 0.5) is 0 Å².